The number of hydrogen-bond donors (Lipinski definition) is 3. The Labute approximate surface area is 439 Å². The smallest absolute Gasteiger partial charge is 0.308 e. The van der Waals surface area contributed by atoms with Crippen LogP contribution in [0.3, 0.4) is 0 Å². The summed E-state index contributed by atoms with van der Waals surface area (Å²) in [5, 5.41) is 26.6. The maximum Gasteiger partial charge on any atom is 0.308 e. The molecule has 2 unspecified atom stereocenters. The lowest BCUT2D eigenvalue weighted by Gasteiger charge is -2.37. The molecule has 3 aromatic heterocycles. The molecule has 0 aliphatic carbocycles. The Hall–Kier alpha value is -6.89. The molecule has 0 bridgehead atoms. The van der Waals surface area contributed by atoms with Gasteiger partial charge >= 0.3 is 5.97 Å². The number of rotatable bonds is 12. The molecular formula is C56H63N9O7S2. The SMILES string of the molecule is COC(=O)CC1N=C(c2ccc(-c3ccc(C(=O)N4CCC(C(=O)NC(C(=O)N5C[C@H](O)C[C@H]5C(=O)N[C@@H](C)c5ccc(-c6scnc6C)cc5)C(C)(C)C)CC4)cc3)cc2)c2c(sc(C)c2C)-n2c(C)nnc21. The zero-order valence-corrected chi connectivity index (χ0v) is 44.9. The largest absolute Gasteiger partial charge is 0.469 e. The number of fused-ring (bicyclic) bond motifs is 3. The third-order valence-corrected chi connectivity index (χ3v) is 16.8. The number of likely N-dealkylation sites (tertiary alicyclic amines) is 2. The molecule has 0 spiro atoms. The summed E-state index contributed by atoms with van der Waals surface area (Å²) in [7, 11) is 1.37. The van der Waals surface area contributed by atoms with E-state index in [0.717, 1.165) is 65.1 Å². The number of aliphatic hydroxyl groups excluding tert-OH is 1. The van der Waals surface area contributed by atoms with Crippen molar-refractivity contribution >= 4 is 58.0 Å². The predicted octanol–water partition coefficient (Wildman–Crippen LogP) is 8.03. The summed E-state index contributed by atoms with van der Waals surface area (Å²) in [5.74, 6) is -0.707. The standard InChI is InChI=1S/C56H63N9O7S2/c1-30-33(4)74-55-46(30)47(59-43(27-45(67)72-9)50-62-61-34(5)65(50)55)38-16-12-36(13-17-38)37-14-20-41(21-15-37)53(70)63-24-22-40(23-25-63)51(68)60-49(56(6,7)8)54(71)64-28-42(66)26-44(64)52(69)58-31(2)35-10-18-39(19-11-35)48-32(3)57-29-73-48/h10-21,29,31,40,42-44,49,66H,22-28H2,1-9H3,(H,58,69)(H,60,68)/t31-,42+,43?,44-,49?/m0/s1. The van der Waals surface area contributed by atoms with Crippen LogP contribution in [-0.2, 0) is 23.9 Å². The lowest BCUT2D eigenvalue weighted by atomic mass is 9.84. The number of carbonyl (C=O) groups excluding carboxylic acids is 5. The number of carbonyl (C=O) groups is 5. The summed E-state index contributed by atoms with van der Waals surface area (Å²) in [4.78, 5) is 83.5. The number of thiophene rings is 1. The number of thiazole rings is 1. The maximum atomic E-state index is 14.4. The van der Waals surface area contributed by atoms with E-state index in [0.29, 0.717) is 43.1 Å². The lowest BCUT2D eigenvalue weighted by Crippen LogP contribution is -2.59. The number of aliphatic imine (C=N–C) groups is 1. The van der Waals surface area contributed by atoms with Crippen LogP contribution in [0.25, 0.3) is 26.6 Å². The first-order valence-corrected chi connectivity index (χ1v) is 26.8. The number of esters is 1. The fraction of sp³-hybridized carbons (Fsp3) is 0.411. The van der Waals surface area contributed by atoms with Crippen molar-refractivity contribution in [1.29, 1.82) is 0 Å². The Kier molecular flexibility index (Phi) is 14.9. The number of amides is 4. The highest BCUT2D eigenvalue weighted by Crippen LogP contribution is 2.40. The molecule has 2 fully saturated rings. The van der Waals surface area contributed by atoms with E-state index in [-0.39, 0.29) is 49.1 Å². The molecule has 5 atom stereocenters. The van der Waals surface area contributed by atoms with E-state index in [4.69, 9.17) is 9.73 Å². The Balaban J connectivity index is 0.813. The number of methoxy groups -OCH3 is 1. The van der Waals surface area contributed by atoms with Crippen LogP contribution in [0.4, 0.5) is 0 Å². The molecule has 2 saturated heterocycles. The van der Waals surface area contributed by atoms with Gasteiger partial charge < -0.3 is 30.3 Å². The normalized spacial score (nSPS) is 18.7. The topological polar surface area (TPSA) is 201 Å². The number of piperidine rings is 1. The third kappa shape index (κ3) is 10.4. The van der Waals surface area contributed by atoms with Crippen LogP contribution >= 0.6 is 22.7 Å². The number of nitrogens with zero attached hydrogens (tertiary/aromatic N) is 7. The fourth-order valence-corrected chi connectivity index (χ4v) is 12.2. The summed E-state index contributed by atoms with van der Waals surface area (Å²) in [6, 6.07) is 20.7. The van der Waals surface area contributed by atoms with Crippen molar-refractivity contribution in [3.8, 4) is 26.6 Å². The van der Waals surface area contributed by atoms with Crippen LogP contribution < -0.4 is 10.6 Å². The summed E-state index contributed by atoms with van der Waals surface area (Å²) < 4.78 is 7.05. The van der Waals surface area contributed by atoms with Crippen LogP contribution in [-0.4, -0.2) is 115 Å². The van der Waals surface area contributed by atoms with Gasteiger partial charge in [-0.25, -0.2) is 4.98 Å². The summed E-state index contributed by atoms with van der Waals surface area (Å²) in [6.45, 7) is 16.2. The van der Waals surface area contributed by atoms with Crippen molar-refractivity contribution in [3.63, 3.8) is 0 Å². The summed E-state index contributed by atoms with van der Waals surface area (Å²) in [5.41, 5.74) is 10.2. The van der Waals surface area contributed by atoms with Gasteiger partial charge in [-0.15, -0.1) is 32.9 Å². The van der Waals surface area contributed by atoms with E-state index < -0.39 is 41.5 Å². The predicted molar refractivity (Wildman–Crippen MR) is 285 cm³/mol. The molecule has 4 amide bonds. The Bertz CT molecular complexity index is 3130. The number of nitrogens with one attached hydrogen (secondary N) is 2. The third-order valence-electron chi connectivity index (χ3n) is 14.6. The van der Waals surface area contributed by atoms with Crippen molar-refractivity contribution in [2.24, 2.45) is 16.3 Å². The second-order valence-electron chi connectivity index (χ2n) is 20.7. The van der Waals surface area contributed by atoms with E-state index in [1.165, 1.54) is 12.0 Å². The van der Waals surface area contributed by atoms with Gasteiger partial charge in [0.1, 0.15) is 29.0 Å². The van der Waals surface area contributed by atoms with Gasteiger partial charge in [-0.2, -0.15) is 0 Å². The monoisotopic (exact) mass is 1040 g/mol. The molecule has 3 aromatic carbocycles. The molecule has 0 saturated carbocycles. The molecule has 18 heteroatoms. The minimum atomic E-state index is -0.962. The molecule has 9 rings (SSSR count). The van der Waals surface area contributed by atoms with Gasteiger partial charge in [-0.05, 0) is 92.8 Å². The van der Waals surface area contributed by atoms with Crippen LogP contribution in [0.1, 0.15) is 120 Å². The van der Waals surface area contributed by atoms with E-state index in [9.17, 15) is 29.1 Å². The van der Waals surface area contributed by atoms with Gasteiger partial charge in [-0.3, -0.25) is 33.5 Å². The first kappa shape index (κ1) is 52.0. The van der Waals surface area contributed by atoms with Crippen molar-refractivity contribution in [2.45, 2.75) is 111 Å². The average Bonchev–Trinajstić information content (AvgIpc) is 4.16. The highest BCUT2D eigenvalue weighted by Gasteiger charge is 2.45. The second-order valence-corrected chi connectivity index (χ2v) is 22.8. The molecule has 3 aliphatic rings. The molecule has 6 aromatic rings. The van der Waals surface area contributed by atoms with Gasteiger partial charge in [0.05, 0.1) is 47.5 Å². The van der Waals surface area contributed by atoms with Gasteiger partial charge in [0.25, 0.3) is 5.91 Å². The van der Waals surface area contributed by atoms with Crippen molar-refractivity contribution < 1.29 is 33.8 Å². The lowest BCUT2D eigenvalue weighted by molar-refractivity contribution is -0.144. The van der Waals surface area contributed by atoms with Crippen LogP contribution in [0.15, 0.2) is 83.3 Å². The fourth-order valence-electron chi connectivity index (χ4n) is 10.2. The van der Waals surface area contributed by atoms with E-state index in [2.05, 4.69) is 39.7 Å². The molecule has 74 heavy (non-hydrogen) atoms. The number of β-amino-alcohol motifs (C(OH)–C–C–N with tert-alkyl or cyclic N) is 1. The van der Waals surface area contributed by atoms with Gasteiger partial charge in [0, 0.05) is 53.5 Å². The molecular weight excluding hydrogens is 975 g/mol. The van der Waals surface area contributed by atoms with Crippen LogP contribution in [0, 0.1) is 39.0 Å². The molecule has 3 aliphatic heterocycles. The average molecular weight is 1040 g/mol. The molecule has 0 radical (unpaired) electrons. The summed E-state index contributed by atoms with van der Waals surface area (Å²) >= 11 is 3.22. The number of ether oxygens (including phenoxy) is 1. The zero-order valence-electron chi connectivity index (χ0n) is 43.3. The van der Waals surface area contributed by atoms with Gasteiger partial charge in [0.15, 0.2) is 5.82 Å². The Morgan fingerprint density at radius 3 is 2.09 bits per heavy atom. The highest BCUT2D eigenvalue weighted by atomic mass is 32.1. The molecule has 386 valence electrons. The minimum absolute atomic E-state index is 0.0187. The molecule has 6 heterocycles. The first-order chi connectivity index (χ1) is 35.3. The number of aliphatic hydroxyl groups is 1. The van der Waals surface area contributed by atoms with Crippen LogP contribution in [0.5, 0.6) is 0 Å². The van der Waals surface area contributed by atoms with Crippen LogP contribution in [0.2, 0.25) is 0 Å². The Morgan fingerprint density at radius 1 is 0.838 bits per heavy atom. The Morgan fingerprint density at radius 2 is 1.47 bits per heavy atom. The summed E-state index contributed by atoms with van der Waals surface area (Å²) in [6.07, 6.45) is 0.0529. The molecule has 3 N–H and O–H groups in total. The number of benzene rings is 3. The van der Waals surface area contributed by atoms with Gasteiger partial charge in [-0.1, -0.05) is 81.4 Å². The molecule has 16 nitrogen and oxygen atoms in total. The maximum absolute atomic E-state index is 14.4. The van der Waals surface area contributed by atoms with Crippen molar-refractivity contribution in [2.75, 3.05) is 26.7 Å². The van der Waals surface area contributed by atoms with E-state index in [1.54, 1.807) is 27.6 Å². The zero-order chi connectivity index (χ0) is 52.7. The second kappa shape index (κ2) is 21.2. The minimum Gasteiger partial charge on any atom is -0.469 e. The number of aryl methyl sites for hydroxylation is 3. The number of aromatic nitrogens is 4. The van der Waals surface area contributed by atoms with Crippen molar-refractivity contribution in [3.05, 3.63) is 128 Å². The van der Waals surface area contributed by atoms with E-state index >= 15 is 0 Å². The highest BCUT2D eigenvalue weighted by molar-refractivity contribution is 7.15. The van der Waals surface area contributed by atoms with Gasteiger partial charge in [0.2, 0.25) is 17.7 Å². The first-order valence-electron chi connectivity index (χ1n) is 25.1. The van der Waals surface area contributed by atoms with Crippen molar-refractivity contribution in [1.82, 2.24) is 40.2 Å². The van der Waals surface area contributed by atoms with E-state index in [1.807, 2.05) is 124 Å². The quantitative estimate of drug-likeness (QED) is 0.101. The number of hydrogen-bond acceptors (Lipinski definition) is 13.